The van der Waals surface area contributed by atoms with E-state index in [9.17, 15) is 4.79 Å². The smallest absolute Gasteiger partial charge is 0.250 e. The number of aromatic nitrogens is 1. The number of fused-ring (bicyclic) bond motifs is 4. The maximum absolute atomic E-state index is 11.8. The molecule has 0 amide bonds. The summed E-state index contributed by atoms with van der Waals surface area (Å²) in [7, 11) is 0. The number of hydrogen-bond acceptors (Lipinski definition) is 2. The molecule has 1 aromatic rings. The van der Waals surface area contributed by atoms with Crippen molar-refractivity contribution in [3.63, 3.8) is 0 Å². The molecule has 2 aliphatic heterocycles. The number of nitrogens with zero attached hydrogens (tertiary/aromatic N) is 1. The molecule has 80 valence electrons. The van der Waals surface area contributed by atoms with Gasteiger partial charge in [0, 0.05) is 30.8 Å². The van der Waals surface area contributed by atoms with Crippen LogP contribution >= 0.6 is 0 Å². The molecule has 3 rings (SSSR count). The number of piperidine rings is 1. The number of hydrogen-bond donors (Lipinski definition) is 1. The van der Waals surface area contributed by atoms with Gasteiger partial charge in [-0.1, -0.05) is 6.07 Å². The van der Waals surface area contributed by atoms with Crippen LogP contribution in [-0.2, 0) is 6.54 Å². The van der Waals surface area contributed by atoms with Crippen molar-refractivity contribution in [1.82, 2.24) is 9.88 Å². The summed E-state index contributed by atoms with van der Waals surface area (Å²) in [5, 5.41) is 3.46. The minimum atomic E-state index is 0.173. The molecule has 0 aliphatic carbocycles. The summed E-state index contributed by atoms with van der Waals surface area (Å²) in [6, 6.07) is 3.66. The Morgan fingerprint density at radius 1 is 1.40 bits per heavy atom. The Morgan fingerprint density at radius 2 is 2.27 bits per heavy atom. The molecule has 0 spiro atoms. The zero-order valence-corrected chi connectivity index (χ0v) is 8.99. The first-order valence-electron chi connectivity index (χ1n) is 5.67. The molecule has 2 atom stereocenters. The van der Waals surface area contributed by atoms with Crippen LogP contribution < -0.4 is 10.9 Å². The average Bonchev–Trinajstić information content (AvgIpc) is 2.24. The molecule has 1 N–H and O–H groups in total. The lowest BCUT2D eigenvalue weighted by atomic mass is 9.83. The second-order valence-corrected chi connectivity index (χ2v) is 4.81. The largest absolute Gasteiger partial charge is 0.316 e. The van der Waals surface area contributed by atoms with E-state index < -0.39 is 0 Å². The molecular weight excluding hydrogens is 188 g/mol. The third kappa shape index (κ3) is 1.34. The fraction of sp³-hybridized carbons (Fsp3) is 0.583. The Balaban J connectivity index is 2.20. The van der Waals surface area contributed by atoms with Crippen molar-refractivity contribution in [3.8, 4) is 0 Å². The van der Waals surface area contributed by atoms with Crippen LogP contribution in [0.1, 0.15) is 23.6 Å². The lowest BCUT2D eigenvalue weighted by molar-refractivity contribution is 0.256. The first-order chi connectivity index (χ1) is 7.25. The molecule has 3 heteroatoms. The molecule has 0 radical (unpaired) electrons. The van der Waals surface area contributed by atoms with Crippen LogP contribution in [0.15, 0.2) is 16.9 Å². The summed E-state index contributed by atoms with van der Waals surface area (Å²) in [6.45, 7) is 5.11. The van der Waals surface area contributed by atoms with Crippen LogP contribution in [0, 0.1) is 12.8 Å². The molecule has 0 aromatic carbocycles. The lowest BCUT2D eigenvalue weighted by Crippen LogP contribution is -2.45. The quantitative estimate of drug-likeness (QED) is 0.680. The van der Waals surface area contributed by atoms with Gasteiger partial charge in [0.1, 0.15) is 0 Å². The zero-order valence-electron chi connectivity index (χ0n) is 8.99. The fourth-order valence-corrected chi connectivity index (χ4v) is 3.07. The zero-order chi connectivity index (χ0) is 10.4. The average molecular weight is 204 g/mol. The van der Waals surface area contributed by atoms with E-state index in [4.69, 9.17) is 0 Å². The Kier molecular flexibility index (Phi) is 1.96. The molecule has 3 heterocycles. The minimum Gasteiger partial charge on any atom is -0.316 e. The lowest BCUT2D eigenvalue weighted by Gasteiger charge is -2.38. The van der Waals surface area contributed by atoms with Crippen LogP contribution in [0.25, 0.3) is 0 Å². The molecule has 1 saturated heterocycles. The highest BCUT2D eigenvalue weighted by molar-refractivity contribution is 5.26. The number of aryl methyl sites for hydroxylation is 1. The Bertz CT molecular complexity index is 449. The second-order valence-electron chi connectivity index (χ2n) is 4.81. The first kappa shape index (κ1) is 9.16. The van der Waals surface area contributed by atoms with Gasteiger partial charge in [-0.05, 0) is 31.4 Å². The minimum absolute atomic E-state index is 0.173. The molecule has 2 bridgehead atoms. The van der Waals surface area contributed by atoms with Gasteiger partial charge in [-0.3, -0.25) is 4.79 Å². The molecule has 0 saturated carbocycles. The van der Waals surface area contributed by atoms with Crippen LogP contribution in [0.4, 0.5) is 0 Å². The van der Waals surface area contributed by atoms with Gasteiger partial charge in [0.15, 0.2) is 0 Å². The third-order valence-electron chi connectivity index (χ3n) is 3.71. The van der Waals surface area contributed by atoms with Crippen LogP contribution in [0.2, 0.25) is 0 Å². The molecular formula is C12H16N2O. The first-order valence-corrected chi connectivity index (χ1v) is 5.67. The third-order valence-corrected chi connectivity index (χ3v) is 3.71. The Morgan fingerprint density at radius 3 is 3.13 bits per heavy atom. The van der Waals surface area contributed by atoms with E-state index in [-0.39, 0.29) is 5.56 Å². The molecule has 15 heavy (non-hydrogen) atoms. The fourth-order valence-electron chi connectivity index (χ4n) is 3.07. The van der Waals surface area contributed by atoms with E-state index >= 15 is 0 Å². The van der Waals surface area contributed by atoms with E-state index in [0.717, 1.165) is 19.6 Å². The molecule has 2 unspecified atom stereocenters. The number of pyridine rings is 1. The monoisotopic (exact) mass is 204 g/mol. The predicted octanol–water partition coefficient (Wildman–Crippen LogP) is 0.863. The second kappa shape index (κ2) is 3.20. The van der Waals surface area contributed by atoms with Crippen molar-refractivity contribution < 1.29 is 0 Å². The van der Waals surface area contributed by atoms with Crippen molar-refractivity contribution in [3.05, 3.63) is 33.7 Å². The van der Waals surface area contributed by atoms with Gasteiger partial charge in [0.2, 0.25) is 0 Å². The van der Waals surface area contributed by atoms with Gasteiger partial charge in [-0.25, -0.2) is 0 Å². The van der Waals surface area contributed by atoms with E-state index in [0.29, 0.717) is 11.8 Å². The van der Waals surface area contributed by atoms with Crippen molar-refractivity contribution in [2.75, 3.05) is 13.1 Å². The molecule has 3 nitrogen and oxygen atoms in total. The van der Waals surface area contributed by atoms with Crippen LogP contribution in [0.3, 0.4) is 0 Å². The van der Waals surface area contributed by atoms with E-state index in [1.54, 1.807) is 6.07 Å². The summed E-state index contributed by atoms with van der Waals surface area (Å²) in [5.74, 6) is 1.20. The Hall–Kier alpha value is -1.09. The summed E-state index contributed by atoms with van der Waals surface area (Å²) in [4.78, 5) is 11.8. The van der Waals surface area contributed by atoms with Gasteiger partial charge >= 0.3 is 0 Å². The van der Waals surface area contributed by atoms with Gasteiger partial charge in [0.25, 0.3) is 5.56 Å². The maximum Gasteiger partial charge on any atom is 0.250 e. The highest BCUT2D eigenvalue weighted by atomic mass is 16.1. The Labute approximate surface area is 89.1 Å². The van der Waals surface area contributed by atoms with Crippen molar-refractivity contribution in [2.45, 2.75) is 25.8 Å². The van der Waals surface area contributed by atoms with Gasteiger partial charge < -0.3 is 9.88 Å². The number of nitrogens with one attached hydrogen (secondary N) is 1. The normalized spacial score (nSPS) is 28.6. The standard InChI is InChI=1S/C12H16N2O/c1-8-2-3-11(15)14-7-9-4-10(12(8)14)6-13-5-9/h2-3,9-10,13H,4-7H2,1H3. The molecule has 1 aromatic heterocycles. The van der Waals surface area contributed by atoms with Crippen LogP contribution in [0.5, 0.6) is 0 Å². The summed E-state index contributed by atoms with van der Waals surface area (Å²) in [5.41, 5.74) is 2.71. The van der Waals surface area contributed by atoms with E-state index in [1.165, 1.54) is 17.7 Å². The predicted molar refractivity (Wildman–Crippen MR) is 59.2 cm³/mol. The van der Waals surface area contributed by atoms with Gasteiger partial charge in [-0.2, -0.15) is 0 Å². The number of rotatable bonds is 0. The summed E-state index contributed by atoms with van der Waals surface area (Å²) < 4.78 is 2.00. The van der Waals surface area contributed by atoms with Gasteiger partial charge in [0.05, 0.1) is 0 Å². The summed E-state index contributed by atoms with van der Waals surface area (Å²) >= 11 is 0. The van der Waals surface area contributed by atoms with Crippen LogP contribution in [-0.4, -0.2) is 17.7 Å². The molecule has 1 fully saturated rings. The topological polar surface area (TPSA) is 34.0 Å². The highest BCUT2D eigenvalue weighted by Gasteiger charge is 2.31. The van der Waals surface area contributed by atoms with Crippen molar-refractivity contribution in [1.29, 1.82) is 0 Å². The van der Waals surface area contributed by atoms with Crippen molar-refractivity contribution >= 4 is 0 Å². The highest BCUT2D eigenvalue weighted by Crippen LogP contribution is 2.33. The van der Waals surface area contributed by atoms with E-state index in [1.807, 2.05) is 10.6 Å². The van der Waals surface area contributed by atoms with Gasteiger partial charge in [-0.15, -0.1) is 0 Å². The van der Waals surface area contributed by atoms with Crippen molar-refractivity contribution in [2.24, 2.45) is 5.92 Å². The maximum atomic E-state index is 11.8. The molecule has 2 aliphatic rings. The SMILES string of the molecule is Cc1ccc(=O)n2c1C1CNCC(C1)C2. The van der Waals surface area contributed by atoms with E-state index in [2.05, 4.69) is 12.2 Å². The summed E-state index contributed by atoms with van der Waals surface area (Å²) in [6.07, 6.45) is 1.25.